The van der Waals surface area contributed by atoms with Crippen LogP contribution in [0.1, 0.15) is 13.0 Å². The van der Waals surface area contributed by atoms with Crippen LogP contribution in [0.3, 0.4) is 0 Å². The van der Waals surface area contributed by atoms with E-state index in [0.717, 1.165) is 16.8 Å². The molecule has 0 spiro atoms. The summed E-state index contributed by atoms with van der Waals surface area (Å²) in [5.74, 6) is -0.931. The predicted octanol–water partition coefficient (Wildman–Crippen LogP) is 2.34. The number of hydrogen-bond donors (Lipinski definition) is 1. The van der Waals surface area contributed by atoms with Crippen molar-refractivity contribution in [2.45, 2.75) is 19.3 Å². The number of halogens is 3. The second kappa shape index (κ2) is 6.51. The molecule has 2 aromatic rings. The van der Waals surface area contributed by atoms with E-state index in [-0.39, 0.29) is 5.69 Å². The maximum absolute atomic E-state index is 12.1. The van der Waals surface area contributed by atoms with Crippen LogP contribution in [0, 0.1) is 0 Å². The van der Waals surface area contributed by atoms with Crippen molar-refractivity contribution in [3.63, 3.8) is 0 Å². The first-order chi connectivity index (χ1) is 10.8. The van der Waals surface area contributed by atoms with Gasteiger partial charge in [0.1, 0.15) is 11.8 Å². The third kappa shape index (κ3) is 4.56. The Bertz CT molecular complexity index is 741. The highest BCUT2D eigenvalue weighted by atomic mass is 19.4. The van der Waals surface area contributed by atoms with E-state index in [2.05, 4.69) is 15.2 Å². The summed E-state index contributed by atoms with van der Waals surface area (Å²) in [5.41, 5.74) is -0.176. The molecule has 1 N–H and O–H groups in total. The Hall–Kier alpha value is -2.84. The summed E-state index contributed by atoms with van der Waals surface area (Å²) in [6.45, 7) is 1.48. The lowest BCUT2D eigenvalue weighted by atomic mass is 10.2. The van der Waals surface area contributed by atoms with Gasteiger partial charge < -0.3 is 10.1 Å². The van der Waals surface area contributed by atoms with Gasteiger partial charge in [0.15, 0.2) is 0 Å². The van der Waals surface area contributed by atoms with Crippen LogP contribution >= 0.6 is 0 Å². The van der Waals surface area contributed by atoms with Crippen LogP contribution in [0.4, 0.5) is 18.9 Å². The Labute approximate surface area is 128 Å². The maximum atomic E-state index is 12.1. The molecule has 0 saturated heterocycles. The molecule has 0 aliphatic rings. The average molecular weight is 327 g/mol. The summed E-state index contributed by atoms with van der Waals surface area (Å²) in [4.78, 5) is 23.6. The molecule has 2 rings (SSSR count). The van der Waals surface area contributed by atoms with Crippen molar-refractivity contribution in [1.29, 1.82) is 0 Å². The lowest BCUT2D eigenvalue weighted by Crippen LogP contribution is -2.32. The van der Waals surface area contributed by atoms with Gasteiger partial charge in [0, 0.05) is 18.0 Å². The molecule has 0 aliphatic carbocycles. The van der Waals surface area contributed by atoms with Crippen LogP contribution < -0.4 is 15.6 Å². The summed E-state index contributed by atoms with van der Waals surface area (Å²) in [6.07, 6.45) is -3.41. The van der Waals surface area contributed by atoms with Crippen LogP contribution in [0.15, 0.2) is 47.4 Å². The Kier molecular flexibility index (Phi) is 4.68. The quantitative estimate of drug-likeness (QED) is 0.935. The van der Waals surface area contributed by atoms with Gasteiger partial charge in [-0.1, -0.05) is 0 Å². The first-order valence-corrected chi connectivity index (χ1v) is 6.47. The van der Waals surface area contributed by atoms with Gasteiger partial charge in [0.2, 0.25) is 5.91 Å². The van der Waals surface area contributed by atoms with E-state index in [4.69, 9.17) is 0 Å². The smallest absolute Gasteiger partial charge is 0.406 e. The maximum Gasteiger partial charge on any atom is 0.573 e. The van der Waals surface area contributed by atoms with Gasteiger partial charge in [-0.15, -0.1) is 13.2 Å². The Morgan fingerprint density at radius 1 is 1.26 bits per heavy atom. The number of nitrogens with one attached hydrogen (secondary N) is 1. The van der Waals surface area contributed by atoms with Gasteiger partial charge >= 0.3 is 6.36 Å². The number of rotatable bonds is 4. The zero-order chi connectivity index (χ0) is 17.0. The first-order valence-electron chi connectivity index (χ1n) is 6.47. The van der Waals surface area contributed by atoms with Crippen LogP contribution in [-0.2, 0) is 4.79 Å². The zero-order valence-corrected chi connectivity index (χ0v) is 11.9. The fourth-order valence-corrected chi connectivity index (χ4v) is 1.76. The summed E-state index contributed by atoms with van der Waals surface area (Å²) >= 11 is 0. The standard InChI is InChI=1S/C14H12F3N3O3/c1-9(20-12(21)3-2-8-18-20)13(22)19-10-4-6-11(7-5-10)23-14(15,16)17/h2-9H,1H3,(H,19,22). The molecule has 122 valence electrons. The molecule has 9 heteroatoms. The van der Waals surface area contributed by atoms with Crippen molar-refractivity contribution in [1.82, 2.24) is 9.78 Å². The van der Waals surface area contributed by atoms with E-state index in [1.165, 1.54) is 37.4 Å². The Balaban J connectivity index is 2.06. The summed E-state index contributed by atoms with van der Waals surface area (Å²) in [6, 6.07) is 6.49. The van der Waals surface area contributed by atoms with Crippen LogP contribution in [0.5, 0.6) is 5.75 Å². The molecular formula is C14H12F3N3O3. The number of aromatic nitrogens is 2. The highest BCUT2D eigenvalue weighted by Crippen LogP contribution is 2.24. The van der Waals surface area contributed by atoms with Crippen molar-refractivity contribution in [3.8, 4) is 5.75 Å². The summed E-state index contributed by atoms with van der Waals surface area (Å²) in [5, 5.41) is 6.28. The van der Waals surface area contributed by atoms with Gasteiger partial charge in [-0.2, -0.15) is 5.10 Å². The Morgan fingerprint density at radius 2 is 1.91 bits per heavy atom. The second-order valence-electron chi connectivity index (χ2n) is 4.54. The molecule has 0 radical (unpaired) electrons. The molecule has 1 aromatic heterocycles. The zero-order valence-electron chi connectivity index (χ0n) is 11.9. The molecule has 1 atom stereocenters. The SMILES string of the molecule is CC(C(=O)Nc1ccc(OC(F)(F)F)cc1)n1ncccc1=O. The lowest BCUT2D eigenvalue weighted by molar-refractivity contribution is -0.274. The third-order valence-electron chi connectivity index (χ3n) is 2.84. The van der Waals surface area contributed by atoms with Gasteiger partial charge in [0.05, 0.1) is 0 Å². The van der Waals surface area contributed by atoms with Crippen molar-refractivity contribution in [2.75, 3.05) is 5.32 Å². The summed E-state index contributed by atoms with van der Waals surface area (Å²) in [7, 11) is 0. The molecule has 0 aliphatic heterocycles. The molecule has 6 nitrogen and oxygen atoms in total. The topological polar surface area (TPSA) is 73.2 Å². The number of amides is 1. The van der Waals surface area contributed by atoms with Crippen LogP contribution in [0.25, 0.3) is 0 Å². The molecule has 1 unspecified atom stereocenters. The van der Waals surface area contributed by atoms with Crippen LogP contribution in [0.2, 0.25) is 0 Å². The predicted molar refractivity (Wildman–Crippen MR) is 75.0 cm³/mol. The number of nitrogens with zero attached hydrogens (tertiary/aromatic N) is 2. The van der Waals surface area contributed by atoms with E-state index in [0.29, 0.717) is 0 Å². The highest BCUT2D eigenvalue weighted by Gasteiger charge is 2.31. The number of alkyl halides is 3. The minimum atomic E-state index is -4.78. The normalized spacial score (nSPS) is 12.5. The van der Waals surface area contributed by atoms with E-state index >= 15 is 0 Å². The van der Waals surface area contributed by atoms with Crippen LogP contribution in [-0.4, -0.2) is 22.1 Å². The number of anilines is 1. The second-order valence-corrected chi connectivity index (χ2v) is 4.54. The number of hydrogen-bond acceptors (Lipinski definition) is 4. The van der Waals surface area contributed by atoms with Gasteiger partial charge in [-0.05, 0) is 37.3 Å². The molecule has 1 amide bonds. The molecule has 0 fully saturated rings. The largest absolute Gasteiger partial charge is 0.573 e. The van der Waals surface area contributed by atoms with E-state index in [1.807, 2.05) is 0 Å². The van der Waals surface area contributed by atoms with Crippen molar-refractivity contribution < 1.29 is 22.7 Å². The van der Waals surface area contributed by atoms with Gasteiger partial charge in [-0.25, -0.2) is 4.68 Å². The Morgan fingerprint density at radius 3 is 2.48 bits per heavy atom. The minimum absolute atomic E-state index is 0.264. The van der Waals surface area contributed by atoms with E-state index < -0.39 is 29.6 Å². The lowest BCUT2D eigenvalue weighted by Gasteiger charge is -2.14. The molecule has 1 heterocycles. The third-order valence-corrected chi connectivity index (χ3v) is 2.84. The van der Waals surface area contributed by atoms with E-state index in [9.17, 15) is 22.8 Å². The monoisotopic (exact) mass is 327 g/mol. The summed E-state index contributed by atoms with van der Waals surface area (Å²) < 4.78 is 40.9. The average Bonchev–Trinajstić information content (AvgIpc) is 2.47. The first kappa shape index (κ1) is 16.5. The molecule has 0 bridgehead atoms. The van der Waals surface area contributed by atoms with Gasteiger partial charge in [0.25, 0.3) is 5.56 Å². The fraction of sp³-hybridized carbons (Fsp3) is 0.214. The molecular weight excluding hydrogens is 315 g/mol. The molecule has 1 aromatic carbocycles. The molecule has 0 saturated carbocycles. The minimum Gasteiger partial charge on any atom is -0.406 e. The van der Waals surface area contributed by atoms with Crippen molar-refractivity contribution in [2.24, 2.45) is 0 Å². The fourth-order valence-electron chi connectivity index (χ4n) is 1.76. The van der Waals surface area contributed by atoms with Crippen molar-refractivity contribution in [3.05, 3.63) is 52.9 Å². The number of carbonyl (C=O) groups is 1. The highest BCUT2D eigenvalue weighted by molar-refractivity contribution is 5.93. The number of ether oxygens (including phenoxy) is 1. The van der Waals surface area contributed by atoms with E-state index in [1.54, 1.807) is 0 Å². The van der Waals surface area contributed by atoms with Crippen molar-refractivity contribution >= 4 is 11.6 Å². The van der Waals surface area contributed by atoms with Gasteiger partial charge in [-0.3, -0.25) is 9.59 Å². The molecule has 23 heavy (non-hydrogen) atoms. The number of benzene rings is 1. The number of carbonyl (C=O) groups excluding carboxylic acids is 1.